The third-order valence-electron chi connectivity index (χ3n) is 2.84. The van der Waals surface area contributed by atoms with E-state index < -0.39 is 27.7 Å². The van der Waals surface area contributed by atoms with Gasteiger partial charge in [-0.05, 0) is 33.8 Å². The second-order valence-electron chi connectivity index (χ2n) is 5.67. The van der Waals surface area contributed by atoms with Crippen molar-refractivity contribution in [2.24, 2.45) is 0 Å². The van der Waals surface area contributed by atoms with Crippen LogP contribution in [-0.4, -0.2) is 9.30 Å². The van der Waals surface area contributed by atoms with Crippen LogP contribution in [0.1, 0.15) is 39.5 Å². The molecule has 1 N–H and O–H groups in total. The van der Waals surface area contributed by atoms with E-state index in [9.17, 15) is 13.3 Å². The first kappa shape index (κ1) is 15.3. The zero-order valence-electron chi connectivity index (χ0n) is 11.8. The van der Waals surface area contributed by atoms with Gasteiger partial charge in [0.2, 0.25) is 0 Å². The molecule has 20 heavy (non-hydrogen) atoms. The van der Waals surface area contributed by atoms with Crippen molar-refractivity contribution in [2.75, 3.05) is 0 Å². The van der Waals surface area contributed by atoms with Crippen LogP contribution in [0.3, 0.4) is 0 Å². The van der Waals surface area contributed by atoms with Crippen LogP contribution in [0.4, 0.5) is 8.78 Å². The molecule has 6 heteroatoms. The van der Waals surface area contributed by atoms with E-state index in [1.807, 2.05) is 20.8 Å². The Morgan fingerprint density at radius 1 is 1.25 bits per heavy atom. The van der Waals surface area contributed by atoms with Gasteiger partial charge >= 0.3 is 0 Å². The van der Waals surface area contributed by atoms with Crippen LogP contribution in [0, 0.1) is 11.6 Å². The Balaban J connectivity index is 2.27. The summed E-state index contributed by atoms with van der Waals surface area (Å²) in [6.07, 6.45) is 0. The molecule has 0 saturated heterocycles. The van der Waals surface area contributed by atoms with E-state index in [2.05, 4.69) is 4.72 Å². The minimum Gasteiger partial charge on any atom is -0.598 e. The third kappa shape index (κ3) is 3.13. The normalized spacial score (nSPS) is 15.6. The average molecular weight is 301 g/mol. The lowest BCUT2D eigenvalue weighted by atomic mass is 10.2. The van der Waals surface area contributed by atoms with Crippen molar-refractivity contribution < 1.29 is 17.8 Å². The zero-order valence-corrected chi connectivity index (χ0v) is 12.6. The molecule has 1 aromatic heterocycles. The summed E-state index contributed by atoms with van der Waals surface area (Å²) in [6, 6.07) is 3.08. The van der Waals surface area contributed by atoms with Crippen molar-refractivity contribution in [3.63, 3.8) is 0 Å². The fourth-order valence-corrected chi connectivity index (χ4v) is 2.48. The second kappa shape index (κ2) is 5.35. The first-order valence-electron chi connectivity index (χ1n) is 6.25. The summed E-state index contributed by atoms with van der Waals surface area (Å²) < 4.78 is 46.6. The maximum atomic E-state index is 13.6. The predicted molar refractivity (Wildman–Crippen MR) is 75.6 cm³/mol. The van der Waals surface area contributed by atoms with Gasteiger partial charge in [0.25, 0.3) is 0 Å². The van der Waals surface area contributed by atoms with Crippen molar-refractivity contribution in [1.82, 2.24) is 4.72 Å². The van der Waals surface area contributed by atoms with Gasteiger partial charge in [0.1, 0.15) is 33.8 Å². The van der Waals surface area contributed by atoms with E-state index in [0.717, 1.165) is 12.1 Å². The number of halogens is 2. The maximum Gasteiger partial charge on any atom is 0.140 e. The van der Waals surface area contributed by atoms with Gasteiger partial charge in [-0.1, -0.05) is 0 Å². The Labute approximate surface area is 119 Å². The zero-order chi connectivity index (χ0) is 15.1. The summed E-state index contributed by atoms with van der Waals surface area (Å²) >= 11 is -1.28. The molecule has 0 bridgehead atoms. The van der Waals surface area contributed by atoms with Gasteiger partial charge in [-0.25, -0.2) is 8.78 Å². The largest absolute Gasteiger partial charge is 0.598 e. The van der Waals surface area contributed by atoms with Gasteiger partial charge in [-0.15, -0.1) is 4.72 Å². The number of fused-ring (bicyclic) bond motifs is 1. The van der Waals surface area contributed by atoms with E-state index in [-0.39, 0.29) is 17.0 Å². The van der Waals surface area contributed by atoms with Crippen molar-refractivity contribution in [1.29, 1.82) is 0 Å². The Hall–Kier alpha value is -1.11. The molecule has 0 fully saturated rings. The number of rotatable bonds is 3. The molecule has 2 aromatic rings. The molecule has 0 spiro atoms. The smallest absolute Gasteiger partial charge is 0.140 e. The van der Waals surface area contributed by atoms with Gasteiger partial charge in [-0.3, -0.25) is 0 Å². The Bertz CT molecular complexity index is 621. The molecule has 0 radical (unpaired) electrons. The third-order valence-corrected chi connectivity index (χ3v) is 4.52. The molecular formula is C14H17F2NO2S. The van der Waals surface area contributed by atoms with Gasteiger partial charge < -0.3 is 8.97 Å². The summed E-state index contributed by atoms with van der Waals surface area (Å²) in [6.45, 7) is 7.29. The van der Waals surface area contributed by atoms with E-state index in [0.29, 0.717) is 5.76 Å². The van der Waals surface area contributed by atoms with Crippen molar-refractivity contribution in [2.45, 2.75) is 38.5 Å². The highest BCUT2D eigenvalue weighted by atomic mass is 32.2. The highest BCUT2D eigenvalue weighted by Crippen LogP contribution is 2.28. The second-order valence-corrected chi connectivity index (χ2v) is 7.67. The molecular weight excluding hydrogens is 284 g/mol. The lowest BCUT2D eigenvalue weighted by molar-refractivity contribution is 0.474. The molecule has 2 rings (SSSR count). The van der Waals surface area contributed by atoms with Crippen LogP contribution < -0.4 is 4.72 Å². The topological polar surface area (TPSA) is 48.2 Å². The average Bonchev–Trinajstić information content (AvgIpc) is 2.71. The summed E-state index contributed by atoms with van der Waals surface area (Å²) in [5, 5.41) is 0.219. The molecule has 2 atom stereocenters. The molecule has 1 aromatic carbocycles. The first-order valence-corrected chi connectivity index (χ1v) is 7.40. The Morgan fingerprint density at radius 3 is 2.50 bits per heavy atom. The van der Waals surface area contributed by atoms with Crippen LogP contribution in [0.5, 0.6) is 0 Å². The van der Waals surface area contributed by atoms with Crippen molar-refractivity contribution >= 4 is 22.3 Å². The standard InChI is InChI=1S/C14H17F2NO2S/c1-8(17-20(18)14(2,3)4)12-7-10-11(16)5-9(15)6-13(10)19-12/h5-8,17H,1-4H3. The molecule has 0 amide bonds. The first-order chi connectivity index (χ1) is 9.18. The fourth-order valence-electron chi connectivity index (χ4n) is 1.69. The highest BCUT2D eigenvalue weighted by molar-refractivity contribution is 7.90. The lowest BCUT2D eigenvalue weighted by Gasteiger charge is -2.25. The molecule has 110 valence electrons. The maximum absolute atomic E-state index is 13.6. The molecule has 2 unspecified atom stereocenters. The van der Waals surface area contributed by atoms with Crippen molar-refractivity contribution in [3.8, 4) is 0 Å². The summed E-state index contributed by atoms with van der Waals surface area (Å²) in [4.78, 5) is 0. The summed E-state index contributed by atoms with van der Waals surface area (Å²) in [7, 11) is 0. The van der Waals surface area contributed by atoms with Crippen LogP contribution in [0.25, 0.3) is 11.0 Å². The minimum absolute atomic E-state index is 0.146. The number of furan rings is 1. The quantitative estimate of drug-likeness (QED) is 0.877. The van der Waals surface area contributed by atoms with E-state index in [4.69, 9.17) is 4.42 Å². The van der Waals surface area contributed by atoms with Crippen LogP contribution in [0.2, 0.25) is 0 Å². The van der Waals surface area contributed by atoms with Gasteiger partial charge in [0, 0.05) is 23.5 Å². The van der Waals surface area contributed by atoms with E-state index in [1.54, 1.807) is 6.92 Å². The molecule has 0 aliphatic rings. The van der Waals surface area contributed by atoms with E-state index in [1.165, 1.54) is 6.07 Å². The molecule has 0 saturated carbocycles. The van der Waals surface area contributed by atoms with Crippen LogP contribution in [-0.2, 0) is 11.4 Å². The molecule has 0 aliphatic heterocycles. The fraction of sp³-hybridized carbons (Fsp3) is 0.429. The minimum atomic E-state index is -1.28. The van der Waals surface area contributed by atoms with Crippen LogP contribution >= 0.6 is 0 Å². The van der Waals surface area contributed by atoms with Gasteiger partial charge in [-0.2, -0.15) is 0 Å². The number of nitrogens with one attached hydrogen (secondary N) is 1. The van der Waals surface area contributed by atoms with Crippen LogP contribution in [0.15, 0.2) is 22.6 Å². The molecule has 0 aliphatic carbocycles. The lowest BCUT2D eigenvalue weighted by Crippen LogP contribution is -2.40. The Kier molecular flexibility index (Phi) is 4.09. The number of hydrogen-bond acceptors (Lipinski definition) is 3. The number of hydrogen-bond donors (Lipinski definition) is 1. The van der Waals surface area contributed by atoms with E-state index >= 15 is 0 Å². The molecule has 3 nitrogen and oxygen atoms in total. The van der Waals surface area contributed by atoms with Crippen molar-refractivity contribution in [3.05, 3.63) is 35.6 Å². The molecule has 1 heterocycles. The Morgan fingerprint density at radius 2 is 1.90 bits per heavy atom. The SMILES string of the molecule is CC(N[S+]([O-])C(C)(C)C)c1cc2c(F)cc(F)cc2o1. The predicted octanol–water partition coefficient (Wildman–Crippen LogP) is 3.82. The monoisotopic (exact) mass is 301 g/mol. The van der Waals surface area contributed by atoms with Gasteiger partial charge in [0.05, 0.1) is 5.39 Å². The summed E-state index contributed by atoms with van der Waals surface area (Å²) in [5.41, 5.74) is 0.146. The summed E-state index contributed by atoms with van der Waals surface area (Å²) in [5.74, 6) is -0.934. The number of benzene rings is 1. The van der Waals surface area contributed by atoms with Gasteiger partial charge in [0.15, 0.2) is 0 Å². The highest BCUT2D eigenvalue weighted by Gasteiger charge is 2.29.